The van der Waals surface area contributed by atoms with Gasteiger partial charge in [0.1, 0.15) is 6.04 Å². The quantitative estimate of drug-likeness (QED) is 0.337. The van der Waals surface area contributed by atoms with Crippen LogP contribution < -0.4 is 21.3 Å². The molecule has 0 saturated carbocycles. The predicted molar refractivity (Wildman–Crippen MR) is 101 cm³/mol. The molecule has 0 radical (unpaired) electrons. The van der Waals surface area contributed by atoms with Crippen molar-refractivity contribution in [1.29, 1.82) is 0 Å². The summed E-state index contributed by atoms with van der Waals surface area (Å²) in [6, 6.07) is 12.3. The van der Waals surface area contributed by atoms with Gasteiger partial charge in [-0.3, -0.25) is 19.5 Å². The van der Waals surface area contributed by atoms with Crippen LogP contribution in [0.1, 0.15) is 10.4 Å². The van der Waals surface area contributed by atoms with E-state index in [0.29, 0.717) is 11.3 Å². The Bertz CT molecular complexity index is 911. The monoisotopic (exact) mass is 392 g/mol. The van der Waals surface area contributed by atoms with Gasteiger partial charge in [-0.05, 0) is 35.4 Å². The smallest absolute Gasteiger partial charge is 0.267 e. The average molecular weight is 392 g/mol. The summed E-state index contributed by atoms with van der Waals surface area (Å²) >= 11 is 0. The van der Waals surface area contributed by atoms with Gasteiger partial charge in [-0.25, -0.2) is 13.9 Å². The molecule has 0 saturated heterocycles. The van der Waals surface area contributed by atoms with Gasteiger partial charge in [0.05, 0.1) is 6.26 Å². The molecule has 0 unspecified atom stereocenters. The van der Waals surface area contributed by atoms with Crippen molar-refractivity contribution < 1.29 is 23.2 Å². The van der Waals surface area contributed by atoms with Crippen LogP contribution in [0.5, 0.6) is 0 Å². The summed E-state index contributed by atoms with van der Waals surface area (Å²) in [7, 11) is -3.34. The molecule has 0 aliphatic rings. The van der Waals surface area contributed by atoms with E-state index in [1.807, 2.05) is 0 Å². The number of carbonyl (C=O) groups excluding carboxylic acids is 2. The third-order valence-corrected chi connectivity index (χ3v) is 4.24. The number of nitrogens with two attached hydrogens (primary N) is 1. The molecule has 0 heterocycles. The first kappa shape index (κ1) is 20.4. The van der Waals surface area contributed by atoms with Crippen molar-refractivity contribution in [3.8, 4) is 11.1 Å². The van der Waals surface area contributed by atoms with Gasteiger partial charge in [0.25, 0.3) is 11.8 Å². The van der Waals surface area contributed by atoms with Gasteiger partial charge >= 0.3 is 0 Å². The van der Waals surface area contributed by atoms with E-state index in [1.54, 1.807) is 48.5 Å². The van der Waals surface area contributed by atoms with Gasteiger partial charge in [-0.2, -0.15) is 0 Å². The van der Waals surface area contributed by atoms with E-state index in [-0.39, 0.29) is 6.54 Å². The van der Waals surface area contributed by atoms with E-state index in [2.05, 4.69) is 10.0 Å². The molecule has 0 aliphatic heterocycles. The number of anilines is 1. The molecule has 2 rings (SSSR count). The zero-order valence-electron chi connectivity index (χ0n) is 14.5. The van der Waals surface area contributed by atoms with Crippen molar-refractivity contribution in [2.75, 3.05) is 17.5 Å². The van der Waals surface area contributed by atoms with E-state index in [1.165, 1.54) is 5.48 Å². The Hall–Kier alpha value is -2.95. The molecule has 6 N–H and O–H groups in total. The standard InChI is InChI=1S/C17H20N4O5S/c1-27(25,26)21-14-8-6-12(7-9-14)11-2-4-13(5-3-11)16(22)19-15(10-18)17(23)20-24/h2-9,15,21,24H,10,18H2,1H3,(H,19,22)(H,20,23)/t15-/m0/s1. The van der Waals surface area contributed by atoms with Crippen LogP contribution in [0.3, 0.4) is 0 Å². The number of hydroxylamine groups is 1. The van der Waals surface area contributed by atoms with Crippen LogP contribution in [0.4, 0.5) is 5.69 Å². The predicted octanol–water partition coefficient (Wildman–Crippen LogP) is 0.288. The first-order valence-corrected chi connectivity index (χ1v) is 9.76. The lowest BCUT2D eigenvalue weighted by atomic mass is 10.0. The molecule has 144 valence electrons. The normalized spacial score (nSPS) is 12.1. The Morgan fingerprint density at radius 1 is 1.04 bits per heavy atom. The summed E-state index contributed by atoms with van der Waals surface area (Å²) in [6.45, 7) is -0.163. The maximum Gasteiger partial charge on any atom is 0.267 e. The average Bonchev–Trinajstić information content (AvgIpc) is 2.64. The number of benzene rings is 2. The number of nitrogens with one attached hydrogen (secondary N) is 3. The third kappa shape index (κ3) is 5.78. The fraction of sp³-hybridized carbons (Fsp3) is 0.176. The minimum atomic E-state index is -3.34. The highest BCUT2D eigenvalue weighted by molar-refractivity contribution is 7.92. The summed E-state index contributed by atoms with van der Waals surface area (Å²) < 4.78 is 24.8. The largest absolute Gasteiger partial charge is 0.339 e. The molecular formula is C17H20N4O5S. The van der Waals surface area contributed by atoms with Crippen molar-refractivity contribution in [3.63, 3.8) is 0 Å². The molecule has 10 heteroatoms. The van der Waals surface area contributed by atoms with E-state index in [9.17, 15) is 18.0 Å². The molecule has 0 fully saturated rings. The summed E-state index contributed by atoms with van der Waals surface area (Å²) in [6.07, 6.45) is 1.07. The van der Waals surface area contributed by atoms with Crippen molar-refractivity contribution in [2.24, 2.45) is 5.73 Å². The van der Waals surface area contributed by atoms with E-state index in [4.69, 9.17) is 10.9 Å². The molecule has 2 aromatic carbocycles. The molecule has 9 nitrogen and oxygen atoms in total. The lowest BCUT2D eigenvalue weighted by Crippen LogP contribution is -2.50. The van der Waals surface area contributed by atoms with Gasteiger partial charge in [-0.1, -0.05) is 24.3 Å². The maximum atomic E-state index is 12.2. The van der Waals surface area contributed by atoms with E-state index in [0.717, 1.165) is 17.4 Å². The van der Waals surface area contributed by atoms with Crippen LogP contribution in [0.25, 0.3) is 11.1 Å². The van der Waals surface area contributed by atoms with E-state index >= 15 is 0 Å². The van der Waals surface area contributed by atoms with Gasteiger partial charge in [-0.15, -0.1) is 0 Å². The lowest BCUT2D eigenvalue weighted by Gasteiger charge is -2.14. The fourth-order valence-electron chi connectivity index (χ4n) is 2.31. The highest BCUT2D eigenvalue weighted by Gasteiger charge is 2.19. The number of hydrogen-bond acceptors (Lipinski definition) is 6. The molecule has 27 heavy (non-hydrogen) atoms. The second-order valence-electron chi connectivity index (χ2n) is 5.77. The Morgan fingerprint density at radius 3 is 2.00 bits per heavy atom. The molecular weight excluding hydrogens is 372 g/mol. The fourth-order valence-corrected chi connectivity index (χ4v) is 2.87. The zero-order chi connectivity index (χ0) is 20.0. The molecule has 1 atom stereocenters. The van der Waals surface area contributed by atoms with Crippen LogP contribution >= 0.6 is 0 Å². The minimum Gasteiger partial charge on any atom is -0.339 e. The van der Waals surface area contributed by atoms with Crippen LogP contribution in [0.15, 0.2) is 48.5 Å². The van der Waals surface area contributed by atoms with Gasteiger partial charge < -0.3 is 11.1 Å². The second-order valence-corrected chi connectivity index (χ2v) is 7.52. The molecule has 0 bridgehead atoms. The molecule has 0 aliphatic carbocycles. The topological polar surface area (TPSA) is 151 Å². The third-order valence-electron chi connectivity index (χ3n) is 3.64. The van der Waals surface area contributed by atoms with Crippen LogP contribution in [0.2, 0.25) is 0 Å². The number of rotatable bonds is 7. The lowest BCUT2D eigenvalue weighted by molar-refractivity contribution is -0.130. The molecule has 0 spiro atoms. The first-order chi connectivity index (χ1) is 12.7. The zero-order valence-corrected chi connectivity index (χ0v) is 15.3. The summed E-state index contributed by atoms with van der Waals surface area (Å²) in [5.41, 5.74) is 9.27. The molecule has 2 aromatic rings. The van der Waals surface area contributed by atoms with Crippen LogP contribution in [-0.4, -0.2) is 44.3 Å². The van der Waals surface area contributed by atoms with Gasteiger partial charge in [0.15, 0.2) is 0 Å². The highest BCUT2D eigenvalue weighted by atomic mass is 32.2. The molecule has 0 aromatic heterocycles. The molecule has 2 amide bonds. The highest BCUT2D eigenvalue weighted by Crippen LogP contribution is 2.22. The van der Waals surface area contributed by atoms with Crippen LogP contribution in [-0.2, 0) is 14.8 Å². The van der Waals surface area contributed by atoms with E-state index < -0.39 is 27.9 Å². The summed E-state index contributed by atoms with van der Waals surface area (Å²) in [5, 5.41) is 11.0. The number of carbonyl (C=O) groups is 2. The number of hydrogen-bond donors (Lipinski definition) is 5. The second kappa shape index (κ2) is 8.62. The Labute approximate surface area is 156 Å². The summed E-state index contributed by atoms with van der Waals surface area (Å²) in [4.78, 5) is 23.5. The SMILES string of the molecule is CS(=O)(=O)Nc1ccc(-c2ccc(C(=O)N[C@@H](CN)C(=O)NO)cc2)cc1. The van der Waals surface area contributed by atoms with Gasteiger partial charge in [0.2, 0.25) is 10.0 Å². The Morgan fingerprint density at radius 2 is 1.56 bits per heavy atom. The Balaban J connectivity index is 2.10. The van der Waals surface area contributed by atoms with Crippen molar-refractivity contribution in [3.05, 3.63) is 54.1 Å². The van der Waals surface area contributed by atoms with Crippen LogP contribution in [0, 0.1) is 0 Å². The summed E-state index contributed by atoms with van der Waals surface area (Å²) in [5.74, 6) is -1.31. The van der Waals surface area contributed by atoms with Crippen molar-refractivity contribution in [2.45, 2.75) is 6.04 Å². The van der Waals surface area contributed by atoms with Gasteiger partial charge in [0, 0.05) is 17.8 Å². The van der Waals surface area contributed by atoms with Crippen molar-refractivity contribution >= 4 is 27.5 Å². The van der Waals surface area contributed by atoms with Crippen molar-refractivity contribution in [1.82, 2.24) is 10.8 Å². The Kier molecular flexibility index (Phi) is 6.50. The number of sulfonamides is 1. The first-order valence-electron chi connectivity index (χ1n) is 7.86. The minimum absolute atomic E-state index is 0.163. The maximum absolute atomic E-state index is 12.2. The number of amides is 2.